The van der Waals surface area contributed by atoms with Gasteiger partial charge in [0.15, 0.2) is 0 Å². The molecule has 19 heavy (non-hydrogen) atoms. The first kappa shape index (κ1) is 13.0. The first-order valence-electron chi connectivity index (χ1n) is 5.98. The molecule has 0 amide bonds. The van der Waals surface area contributed by atoms with Gasteiger partial charge in [0.25, 0.3) is 0 Å². The quantitative estimate of drug-likeness (QED) is 0.912. The van der Waals surface area contributed by atoms with Gasteiger partial charge in [0.1, 0.15) is 11.9 Å². The van der Waals surface area contributed by atoms with Gasteiger partial charge in [0.05, 0.1) is 17.4 Å². The summed E-state index contributed by atoms with van der Waals surface area (Å²) in [6.07, 6.45) is 3.17. The molecule has 0 aliphatic rings. The van der Waals surface area contributed by atoms with Crippen molar-refractivity contribution < 1.29 is 4.39 Å². The largest absolute Gasteiger partial charge is 0.376 e. The van der Waals surface area contributed by atoms with E-state index in [0.29, 0.717) is 16.8 Å². The molecule has 2 rings (SSSR count). The maximum absolute atomic E-state index is 13.5. The van der Waals surface area contributed by atoms with E-state index in [1.54, 1.807) is 31.5 Å². The van der Waals surface area contributed by atoms with Crippen LogP contribution in [0.4, 0.5) is 10.1 Å². The first-order valence-corrected chi connectivity index (χ1v) is 5.98. The SMILES string of the molecule is Cc1ccc(C(C)Nc2cnccc2C#N)cc1F. The highest BCUT2D eigenvalue weighted by atomic mass is 19.1. The number of aromatic nitrogens is 1. The Kier molecular flexibility index (Phi) is 3.76. The third-order valence-electron chi connectivity index (χ3n) is 3.01. The van der Waals surface area contributed by atoms with Crippen LogP contribution in [0.25, 0.3) is 0 Å². The molecule has 0 saturated carbocycles. The predicted octanol–water partition coefficient (Wildman–Crippen LogP) is 3.57. The molecule has 0 fully saturated rings. The molecule has 1 aromatic carbocycles. The molecular formula is C15H14FN3. The zero-order valence-electron chi connectivity index (χ0n) is 10.8. The standard InChI is InChI=1S/C15H14FN3/c1-10-3-4-12(7-14(10)16)11(2)19-15-9-18-6-5-13(15)8-17/h3-7,9,11,19H,1-2H3. The van der Waals surface area contributed by atoms with E-state index < -0.39 is 0 Å². The molecule has 0 radical (unpaired) electrons. The summed E-state index contributed by atoms with van der Waals surface area (Å²) in [5.74, 6) is -0.224. The molecule has 96 valence electrons. The molecule has 2 aromatic rings. The molecule has 1 unspecified atom stereocenters. The third-order valence-corrected chi connectivity index (χ3v) is 3.01. The molecule has 0 spiro atoms. The second kappa shape index (κ2) is 5.49. The van der Waals surface area contributed by atoms with Crippen molar-refractivity contribution in [3.63, 3.8) is 0 Å². The predicted molar refractivity (Wildman–Crippen MR) is 72.1 cm³/mol. The van der Waals surface area contributed by atoms with Crippen molar-refractivity contribution in [3.8, 4) is 6.07 Å². The average molecular weight is 255 g/mol. The van der Waals surface area contributed by atoms with Crippen molar-refractivity contribution in [1.29, 1.82) is 5.26 Å². The van der Waals surface area contributed by atoms with E-state index in [0.717, 1.165) is 5.56 Å². The number of benzene rings is 1. The van der Waals surface area contributed by atoms with Gasteiger partial charge in [-0.05, 0) is 37.1 Å². The zero-order chi connectivity index (χ0) is 13.8. The van der Waals surface area contributed by atoms with Crippen LogP contribution in [0.3, 0.4) is 0 Å². The fraction of sp³-hybridized carbons (Fsp3) is 0.200. The minimum Gasteiger partial charge on any atom is -0.376 e. The summed E-state index contributed by atoms with van der Waals surface area (Å²) in [5.41, 5.74) is 2.62. The van der Waals surface area contributed by atoms with E-state index in [1.807, 2.05) is 13.0 Å². The maximum Gasteiger partial charge on any atom is 0.126 e. The van der Waals surface area contributed by atoms with Crippen molar-refractivity contribution >= 4 is 5.69 Å². The van der Waals surface area contributed by atoms with E-state index in [4.69, 9.17) is 5.26 Å². The third kappa shape index (κ3) is 2.89. The number of rotatable bonds is 3. The Balaban J connectivity index is 2.23. The second-order valence-electron chi connectivity index (χ2n) is 4.41. The van der Waals surface area contributed by atoms with Gasteiger partial charge in [0.2, 0.25) is 0 Å². The molecule has 0 bridgehead atoms. The summed E-state index contributed by atoms with van der Waals surface area (Å²) >= 11 is 0. The molecule has 1 atom stereocenters. The molecule has 1 N–H and O–H groups in total. The van der Waals surface area contributed by atoms with Crippen molar-refractivity contribution in [2.24, 2.45) is 0 Å². The lowest BCUT2D eigenvalue weighted by Gasteiger charge is -2.16. The van der Waals surface area contributed by atoms with Gasteiger partial charge in [-0.3, -0.25) is 4.98 Å². The van der Waals surface area contributed by atoms with Crippen LogP contribution in [0.5, 0.6) is 0 Å². The van der Waals surface area contributed by atoms with Crippen molar-refractivity contribution in [3.05, 3.63) is 59.2 Å². The Labute approximate surface area is 111 Å². The molecule has 4 heteroatoms. The van der Waals surface area contributed by atoms with Crippen molar-refractivity contribution in [1.82, 2.24) is 4.98 Å². The van der Waals surface area contributed by atoms with Gasteiger partial charge in [-0.25, -0.2) is 4.39 Å². The van der Waals surface area contributed by atoms with Crippen LogP contribution >= 0.6 is 0 Å². The highest BCUT2D eigenvalue weighted by molar-refractivity contribution is 5.56. The zero-order valence-corrected chi connectivity index (χ0v) is 10.8. The number of nitriles is 1. The monoisotopic (exact) mass is 255 g/mol. The fourth-order valence-electron chi connectivity index (χ4n) is 1.80. The number of hydrogen-bond acceptors (Lipinski definition) is 3. The molecular weight excluding hydrogens is 241 g/mol. The van der Waals surface area contributed by atoms with Gasteiger partial charge >= 0.3 is 0 Å². The van der Waals surface area contributed by atoms with Gasteiger partial charge in [0, 0.05) is 12.2 Å². The number of aryl methyl sites for hydroxylation is 1. The molecule has 0 saturated heterocycles. The highest BCUT2D eigenvalue weighted by Gasteiger charge is 2.10. The van der Waals surface area contributed by atoms with Gasteiger partial charge in [-0.15, -0.1) is 0 Å². The summed E-state index contributed by atoms with van der Waals surface area (Å²) in [7, 11) is 0. The molecule has 1 heterocycles. The number of halogens is 1. The number of hydrogen-bond donors (Lipinski definition) is 1. The normalized spacial score (nSPS) is 11.7. The topological polar surface area (TPSA) is 48.7 Å². The smallest absolute Gasteiger partial charge is 0.126 e. The minimum absolute atomic E-state index is 0.105. The van der Waals surface area contributed by atoms with Crippen LogP contribution < -0.4 is 5.32 Å². The Morgan fingerprint density at radius 3 is 2.84 bits per heavy atom. The number of nitrogens with one attached hydrogen (secondary N) is 1. The van der Waals surface area contributed by atoms with Gasteiger partial charge in [-0.2, -0.15) is 5.26 Å². The first-order chi connectivity index (χ1) is 9.11. The number of anilines is 1. The summed E-state index contributed by atoms with van der Waals surface area (Å²) in [6.45, 7) is 3.64. The van der Waals surface area contributed by atoms with E-state index in [1.165, 1.54) is 6.07 Å². The Hall–Kier alpha value is -2.41. The van der Waals surface area contributed by atoms with Crippen LogP contribution in [0.1, 0.15) is 29.7 Å². The van der Waals surface area contributed by atoms with Crippen LogP contribution in [-0.2, 0) is 0 Å². The summed E-state index contributed by atoms with van der Waals surface area (Å²) in [4.78, 5) is 3.98. The number of pyridine rings is 1. The lowest BCUT2D eigenvalue weighted by atomic mass is 10.1. The summed E-state index contributed by atoms with van der Waals surface area (Å²) < 4.78 is 13.5. The Morgan fingerprint density at radius 1 is 1.37 bits per heavy atom. The van der Waals surface area contributed by atoms with Crippen LogP contribution in [0, 0.1) is 24.1 Å². The van der Waals surface area contributed by atoms with E-state index >= 15 is 0 Å². The van der Waals surface area contributed by atoms with Gasteiger partial charge < -0.3 is 5.32 Å². The number of nitrogens with zero attached hydrogens (tertiary/aromatic N) is 2. The van der Waals surface area contributed by atoms with E-state index in [2.05, 4.69) is 16.4 Å². The van der Waals surface area contributed by atoms with Crippen LogP contribution in [-0.4, -0.2) is 4.98 Å². The highest BCUT2D eigenvalue weighted by Crippen LogP contribution is 2.22. The second-order valence-corrected chi connectivity index (χ2v) is 4.41. The Morgan fingerprint density at radius 2 is 2.16 bits per heavy atom. The van der Waals surface area contributed by atoms with Crippen molar-refractivity contribution in [2.45, 2.75) is 19.9 Å². The Bertz CT molecular complexity index is 632. The lowest BCUT2D eigenvalue weighted by molar-refractivity contribution is 0.614. The summed E-state index contributed by atoms with van der Waals surface area (Å²) in [6, 6.07) is 8.76. The average Bonchev–Trinajstić information content (AvgIpc) is 2.42. The van der Waals surface area contributed by atoms with Crippen LogP contribution in [0.15, 0.2) is 36.7 Å². The summed E-state index contributed by atoms with van der Waals surface area (Å²) in [5, 5.41) is 12.2. The molecule has 0 aliphatic carbocycles. The lowest BCUT2D eigenvalue weighted by Crippen LogP contribution is -2.08. The molecule has 1 aromatic heterocycles. The minimum atomic E-state index is -0.224. The van der Waals surface area contributed by atoms with Crippen molar-refractivity contribution in [2.75, 3.05) is 5.32 Å². The molecule has 3 nitrogen and oxygen atoms in total. The van der Waals surface area contributed by atoms with E-state index in [-0.39, 0.29) is 11.9 Å². The van der Waals surface area contributed by atoms with Gasteiger partial charge in [-0.1, -0.05) is 12.1 Å². The fourth-order valence-corrected chi connectivity index (χ4v) is 1.80. The molecule has 0 aliphatic heterocycles. The maximum atomic E-state index is 13.5. The van der Waals surface area contributed by atoms with E-state index in [9.17, 15) is 4.39 Å². The van der Waals surface area contributed by atoms with Crippen LogP contribution in [0.2, 0.25) is 0 Å².